The average Bonchev–Trinajstić information content (AvgIpc) is 2.64. The Balaban J connectivity index is 1.79. The van der Waals surface area contributed by atoms with Crippen LogP contribution in [0.1, 0.15) is 21.5 Å². The van der Waals surface area contributed by atoms with E-state index in [9.17, 15) is 22.8 Å². The Hall–Kier alpha value is -2.48. The minimum absolute atomic E-state index is 0.0263. The van der Waals surface area contributed by atoms with E-state index in [0.29, 0.717) is 0 Å². The molecule has 1 amide bonds. The highest BCUT2D eigenvalue weighted by molar-refractivity contribution is 7.98. The number of hydrogen-bond acceptors (Lipinski definition) is 4. The zero-order valence-electron chi connectivity index (χ0n) is 13.8. The van der Waals surface area contributed by atoms with Crippen LogP contribution in [-0.4, -0.2) is 24.7 Å². The first-order valence-electron chi connectivity index (χ1n) is 7.53. The standard InChI is InChI=1S/C18H16F3NO3S/c1-26-15-8-2-12(3-9-15)11-25-16(23)10-22-17(24)13-4-6-14(7-5-13)18(19,20)21/h2-9H,10-11H2,1H3,(H,22,24). The van der Waals surface area contributed by atoms with Crippen LogP contribution in [0.3, 0.4) is 0 Å². The molecule has 0 aliphatic heterocycles. The molecule has 1 N–H and O–H groups in total. The van der Waals surface area contributed by atoms with Crippen molar-refractivity contribution < 1.29 is 27.5 Å². The van der Waals surface area contributed by atoms with Crippen molar-refractivity contribution in [2.24, 2.45) is 0 Å². The first-order chi connectivity index (χ1) is 12.3. The van der Waals surface area contributed by atoms with Gasteiger partial charge < -0.3 is 10.1 Å². The van der Waals surface area contributed by atoms with E-state index < -0.39 is 23.6 Å². The molecular weight excluding hydrogens is 367 g/mol. The molecule has 0 aromatic heterocycles. The Morgan fingerprint density at radius 2 is 1.65 bits per heavy atom. The van der Waals surface area contributed by atoms with E-state index >= 15 is 0 Å². The van der Waals surface area contributed by atoms with Crippen molar-refractivity contribution in [1.29, 1.82) is 0 Å². The van der Waals surface area contributed by atoms with Gasteiger partial charge in [-0.15, -0.1) is 11.8 Å². The Morgan fingerprint density at radius 1 is 1.04 bits per heavy atom. The van der Waals surface area contributed by atoms with Crippen molar-refractivity contribution in [3.8, 4) is 0 Å². The fourth-order valence-corrected chi connectivity index (χ4v) is 2.41. The minimum Gasteiger partial charge on any atom is -0.460 e. The van der Waals surface area contributed by atoms with E-state index in [4.69, 9.17) is 4.74 Å². The largest absolute Gasteiger partial charge is 0.460 e. The number of alkyl halides is 3. The zero-order valence-corrected chi connectivity index (χ0v) is 14.6. The van der Waals surface area contributed by atoms with E-state index in [2.05, 4.69) is 5.32 Å². The summed E-state index contributed by atoms with van der Waals surface area (Å²) in [5.41, 5.74) is -0.00961. The summed E-state index contributed by atoms with van der Waals surface area (Å²) in [6, 6.07) is 11.2. The summed E-state index contributed by atoms with van der Waals surface area (Å²) in [7, 11) is 0. The van der Waals surface area contributed by atoms with Crippen LogP contribution in [0.25, 0.3) is 0 Å². The number of ether oxygens (including phenoxy) is 1. The molecule has 138 valence electrons. The van der Waals surface area contributed by atoms with Crippen LogP contribution in [0.15, 0.2) is 53.4 Å². The topological polar surface area (TPSA) is 55.4 Å². The van der Waals surface area contributed by atoms with Crippen LogP contribution in [0, 0.1) is 0 Å². The smallest absolute Gasteiger partial charge is 0.416 e. The van der Waals surface area contributed by atoms with Crippen LogP contribution in [0.5, 0.6) is 0 Å². The van der Waals surface area contributed by atoms with E-state index in [0.717, 1.165) is 34.7 Å². The number of carbonyl (C=O) groups excluding carboxylic acids is 2. The molecule has 2 aromatic rings. The van der Waals surface area contributed by atoms with Crippen LogP contribution in [-0.2, 0) is 22.3 Å². The molecule has 0 atom stereocenters. The molecule has 0 bridgehead atoms. The molecular formula is C18H16F3NO3S. The Bertz CT molecular complexity index is 759. The van der Waals surface area contributed by atoms with Crippen molar-refractivity contribution in [3.05, 3.63) is 65.2 Å². The fourth-order valence-electron chi connectivity index (χ4n) is 2.00. The van der Waals surface area contributed by atoms with Crippen LogP contribution in [0.4, 0.5) is 13.2 Å². The third-order valence-corrected chi connectivity index (χ3v) is 4.17. The molecule has 0 fully saturated rings. The number of nitrogens with one attached hydrogen (secondary N) is 1. The Morgan fingerprint density at radius 3 is 2.19 bits per heavy atom. The molecule has 0 radical (unpaired) electrons. The van der Waals surface area contributed by atoms with Gasteiger partial charge in [0.05, 0.1) is 5.56 Å². The highest BCUT2D eigenvalue weighted by Gasteiger charge is 2.30. The summed E-state index contributed by atoms with van der Waals surface area (Å²) in [6.07, 6.45) is -2.51. The Labute approximate surface area is 152 Å². The molecule has 0 heterocycles. The second kappa shape index (κ2) is 8.75. The van der Waals surface area contributed by atoms with Crippen LogP contribution in [0.2, 0.25) is 0 Å². The predicted molar refractivity (Wildman–Crippen MR) is 91.8 cm³/mol. The molecule has 2 aromatic carbocycles. The summed E-state index contributed by atoms with van der Waals surface area (Å²) in [5, 5.41) is 2.31. The monoisotopic (exact) mass is 383 g/mol. The van der Waals surface area contributed by atoms with Gasteiger partial charge in [-0.3, -0.25) is 9.59 Å². The van der Waals surface area contributed by atoms with E-state index in [1.807, 2.05) is 30.5 Å². The normalized spacial score (nSPS) is 11.1. The van der Waals surface area contributed by atoms with Crippen molar-refractivity contribution in [2.45, 2.75) is 17.7 Å². The molecule has 0 saturated heterocycles. The number of hydrogen-bond donors (Lipinski definition) is 1. The number of thioether (sulfide) groups is 1. The lowest BCUT2D eigenvalue weighted by Gasteiger charge is -2.09. The van der Waals surface area contributed by atoms with Crippen molar-refractivity contribution in [3.63, 3.8) is 0 Å². The van der Waals surface area contributed by atoms with Crippen molar-refractivity contribution in [1.82, 2.24) is 5.32 Å². The van der Waals surface area contributed by atoms with E-state index in [-0.39, 0.29) is 18.7 Å². The lowest BCUT2D eigenvalue weighted by molar-refractivity contribution is -0.143. The lowest BCUT2D eigenvalue weighted by atomic mass is 10.1. The number of benzene rings is 2. The van der Waals surface area contributed by atoms with Gasteiger partial charge in [-0.05, 0) is 48.2 Å². The molecule has 26 heavy (non-hydrogen) atoms. The maximum Gasteiger partial charge on any atom is 0.416 e. The molecule has 0 aliphatic rings. The summed E-state index contributed by atoms with van der Waals surface area (Å²) >= 11 is 1.60. The molecule has 0 unspecified atom stereocenters. The van der Waals surface area contributed by atoms with Gasteiger partial charge in [0.1, 0.15) is 13.2 Å². The summed E-state index contributed by atoms with van der Waals surface area (Å²) in [4.78, 5) is 24.6. The highest BCUT2D eigenvalue weighted by Crippen LogP contribution is 2.29. The average molecular weight is 383 g/mol. The number of amides is 1. The predicted octanol–water partition coefficient (Wildman–Crippen LogP) is 3.90. The molecule has 0 saturated carbocycles. The summed E-state index contributed by atoms with van der Waals surface area (Å²) < 4.78 is 42.5. The summed E-state index contributed by atoms with van der Waals surface area (Å²) in [6.45, 7) is -0.299. The molecule has 2 rings (SSSR count). The van der Waals surface area contributed by atoms with Crippen molar-refractivity contribution >= 4 is 23.6 Å². The van der Waals surface area contributed by atoms with Gasteiger partial charge >= 0.3 is 12.1 Å². The van der Waals surface area contributed by atoms with Gasteiger partial charge in [0.25, 0.3) is 5.91 Å². The molecule has 8 heteroatoms. The lowest BCUT2D eigenvalue weighted by Crippen LogP contribution is -2.30. The number of carbonyl (C=O) groups is 2. The van der Waals surface area contributed by atoms with Gasteiger partial charge in [-0.2, -0.15) is 13.2 Å². The zero-order chi connectivity index (χ0) is 19.2. The molecule has 4 nitrogen and oxygen atoms in total. The number of esters is 1. The van der Waals surface area contributed by atoms with Gasteiger partial charge in [-0.1, -0.05) is 12.1 Å². The second-order valence-electron chi connectivity index (χ2n) is 5.27. The maximum absolute atomic E-state index is 12.5. The first kappa shape index (κ1) is 19.8. The van der Waals surface area contributed by atoms with E-state index in [1.165, 1.54) is 0 Å². The molecule has 0 aliphatic carbocycles. The van der Waals surface area contributed by atoms with Crippen LogP contribution >= 0.6 is 11.8 Å². The first-order valence-corrected chi connectivity index (χ1v) is 8.76. The maximum atomic E-state index is 12.5. The SMILES string of the molecule is CSc1ccc(COC(=O)CNC(=O)c2ccc(C(F)(F)F)cc2)cc1. The molecule has 0 spiro atoms. The van der Waals surface area contributed by atoms with Gasteiger partial charge in [0.2, 0.25) is 0 Å². The number of rotatable bonds is 6. The third kappa shape index (κ3) is 5.80. The summed E-state index contributed by atoms with van der Waals surface area (Å²) in [5.74, 6) is -1.29. The number of halogens is 3. The van der Waals surface area contributed by atoms with Crippen molar-refractivity contribution in [2.75, 3.05) is 12.8 Å². The fraction of sp³-hybridized carbons (Fsp3) is 0.222. The van der Waals surface area contributed by atoms with Gasteiger partial charge in [0, 0.05) is 10.5 Å². The van der Waals surface area contributed by atoms with E-state index in [1.54, 1.807) is 11.8 Å². The van der Waals surface area contributed by atoms with Gasteiger partial charge in [-0.25, -0.2) is 0 Å². The van der Waals surface area contributed by atoms with Gasteiger partial charge in [0.15, 0.2) is 0 Å². The Kier molecular flexibility index (Phi) is 6.68. The highest BCUT2D eigenvalue weighted by atomic mass is 32.2. The third-order valence-electron chi connectivity index (χ3n) is 3.43. The quantitative estimate of drug-likeness (QED) is 0.607. The second-order valence-corrected chi connectivity index (χ2v) is 6.15. The van der Waals surface area contributed by atoms with Crippen LogP contribution < -0.4 is 5.32 Å². The minimum atomic E-state index is -4.47.